The van der Waals surface area contributed by atoms with Gasteiger partial charge in [0.2, 0.25) is 5.69 Å². The van der Waals surface area contributed by atoms with E-state index in [0.29, 0.717) is 6.07 Å². The zero-order valence-corrected chi connectivity index (χ0v) is 8.73. The Bertz CT molecular complexity index is 861. The monoisotopic (exact) mass is 245 g/mol. The summed E-state index contributed by atoms with van der Waals surface area (Å²) in [7, 11) is 0. The highest BCUT2D eigenvalue weighted by molar-refractivity contribution is 5.72. The number of nitrogens with zero attached hydrogens (tertiary/aromatic N) is 2. The second kappa shape index (κ2) is 4.65. The number of benzene rings is 2. The van der Waals surface area contributed by atoms with Gasteiger partial charge in [-0.2, -0.15) is 5.26 Å². The molecule has 0 aromatic heterocycles. The molecular weight excluding hydrogens is 234 g/mol. The van der Waals surface area contributed by atoms with Gasteiger partial charge in [-0.3, -0.25) is 0 Å². The van der Waals surface area contributed by atoms with Crippen LogP contribution >= 0.6 is 0 Å². The summed E-state index contributed by atoms with van der Waals surface area (Å²) in [5.74, 6) is -2.76. The molecule has 4 heteroatoms. The molecule has 2 aromatic carbocycles. The Hall–Kier alpha value is -2.72. The van der Waals surface area contributed by atoms with Crippen LogP contribution in [0.1, 0.15) is 12.4 Å². The summed E-state index contributed by atoms with van der Waals surface area (Å²) in [6.07, 6.45) is 0. The third kappa shape index (κ3) is 1.81. The Balaban J connectivity index is 3.06. The standard InChI is InChI=1S/C14H6F2N2/c1-18-11-7-10(8-17)13(15)12(14(11)16)9-5-3-2-4-6-9/h2-7H/i2D,3D,4D,5D,6D. The topological polar surface area (TPSA) is 28.1 Å². The molecule has 0 unspecified atom stereocenters. The number of hydrogen-bond acceptors (Lipinski definition) is 1. The van der Waals surface area contributed by atoms with E-state index in [1.807, 2.05) is 0 Å². The lowest BCUT2D eigenvalue weighted by Crippen LogP contribution is -1.94. The van der Waals surface area contributed by atoms with E-state index in [1.165, 1.54) is 6.07 Å². The molecule has 0 bridgehead atoms. The summed E-state index contributed by atoms with van der Waals surface area (Å²) in [4.78, 5) is 2.83. The first-order valence-corrected chi connectivity index (χ1v) is 4.63. The van der Waals surface area contributed by atoms with Gasteiger partial charge >= 0.3 is 0 Å². The van der Waals surface area contributed by atoms with Crippen molar-refractivity contribution in [2.45, 2.75) is 0 Å². The molecule has 0 heterocycles. The maximum Gasteiger partial charge on any atom is 0.224 e. The molecule has 0 N–H and O–H groups in total. The lowest BCUT2D eigenvalue weighted by atomic mass is 10.0. The number of hydrogen-bond donors (Lipinski definition) is 0. The van der Waals surface area contributed by atoms with Gasteiger partial charge in [0.25, 0.3) is 0 Å². The van der Waals surface area contributed by atoms with Crippen LogP contribution in [-0.4, -0.2) is 0 Å². The van der Waals surface area contributed by atoms with Crippen molar-refractivity contribution in [3.05, 3.63) is 64.9 Å². The lowest BCUT2D eigenvalue weighted by Gasteiger charge is -2.08. The minimum Gasteiger partial charge on any atom is -0.235 e. The van der Waals surface area contributed by atoms with Crippen molar-refractivity contribution in [1.82, 2.24) is 0 Å². The van der Waals surface area contributed by atoms with Crippen molar-refractivity contribution in [3.8, 4) is 17.2 Å². The molecule has 2 rings (SSSR count). The molecule has 0 saturated heterocycles. The average Bonchev–Trinajstić information content (AvgIpc) is 2.54. The van der Waals surface area contributed by atoms with E-state index in [2.05, 4.69) is 4.85 Å². The molecule has 0 aliphatic heterocycles. The summed E-state index contributed by atoms with van der Waals surface area (Å²) in [5, 5.41) is 8.88. The van der Waals surface area contributed by atoms with E-state index in [4.69, 9.17) is 18.7 Å². The number of halogens is 2. The summed E-state index contributed by atoms with van der Waals surface area (Å²) in [5.41, 5.74) is -3.04. The van der Waals surface area contributed by atoms with Crippen LogP contribution in [0.25, 0.3) is 16.0 Å². The fourth-order valence-electron chi connectivity index (χ4n) is 1.38. The Morgan fingerprint density at radius 1 is 1.22 bits per heavy atom. The first-order valence-electron chi connectivity index (χ1n) is 7.13. The van der Waals surface area contributed by atoms with E-state index in [1.54, 1.807) is 0 Å². The molecule has 0 amide bonds. The highest BCUT2D eigenvalue weighted by Gasteiger charge is 2.19. The van der Waals surface area contributed by atoms with Gasteiger partial charge in [-0.1, -0.05) is 30.2 Å². The maximum atomic E-state index is 14.4. The highest BCUT2D eigenvalue weighted by Crippen LogP contribution is 2.33. The Morgan fingerprint density at radius 3 is 2.44 bits per heavy atom. The molecule has 0 radical (unpaired) electrons. The smallest absolute Gasteiger partial charge is 0.224 e. The van der Waals surface area contributed by atoms with Gasteiger partial charge in [0.15, 0.2) is 0 Å². The predicted octanol–water partition coefficient (Wildman–Crippen LogP) is 4.05. The minimum absolute atomic E-state index is 0.654. The van der Waals surface area contributed by atoms with Crippen molar-refractivity contribution in [1.29, 1.82) is 5.26 Å². The molecule has 18 heavy (non-hydrogen) atoms. The zero-order valence-electron chi connectivity index (χ0n) is 13.7. The second-order valence-corrected chi connectivity index (χ2v) is 3.17. The fraction of sp³-hybridized carbons (Fsp3) is 0. The highest BCUT2D eigenvalue weighted by atomic mass is 19.1. The fourth-order valence-corrected chi connectivity index (χ4v) is 1.38. The summed E-state index contributed by atoms with van der Waals surface area (Å²) < 4.78 is 66.8. The van der Waals surface area contributed by atoms with Gasteiger partial charge in [-0.05, 0) is 11.6 Å². The van der Waals surface area contributed by atoms with Gasteiger partial charge < -0.3 is 0 Å². The SMILES string of the molecule is [2H]c1c([2H])c([2H])c(-c2c(F)c(C#N)cc([N+]#[C-])c2F)c([2H])c1[2H]. The minimum atomic E-state index is -1.38. The van der Waals surface area contributed by atoms with Crippen molar-refractivity contribution in [2.24, 2.45) is 0 Å². The van der Waals surface area contributed by atoms with Crippen molar-refractivity contribution < 1.29 is 15.6 Å². The largest absolute Gasteiger partial charge is 0.235 e. The average molecular weight is 245 g/mol. The predicted molar refractivity (Wildman–Crippen MR) is 62.8 cm³/mol. The molecule has 2 nitrogen and oxygen atoms in total. The van der Waals surface area contributed by atoms with Crippen LogP contribution in [0, 0.1) is 29.5 Å². The molecule has 0 aliphatic rings. The Morgan fingerprint density at radius 2 is 1.89 bits per heavy atom. The van der Waals surface area contributed by atoms with Crippen LogP contribution in [-0.2, 0) is 0 Å². The van der Waals surface area contributed by atoms with E-state index in [0.717, 1.165) is 0 Å². The van der Waals surface area contributed by atoms with Gasteiger partial charge in [-0.15, -0.1) is 0 Å². The third-order valence-electron chi connectivity index (χ3n) is 2.17. The molecular formula is C14H6F2N2. The van der Waals surface area contributed by atoms with Crippen molar-refractivity contribution in [2.75, 3.05) is 0 Å². The molecule has 0 spiro atoms. The summed E-state index contributed by atoms with van der Waals surface area (Å²) in [6, 6.07) is -1.75. The van der Waals surface area contributed by atoms with Crippen LogP contribution in [0.15, 0.2) is 36.3 Å². The summed E-state index contributed by atoms with van der Waals surface area (Å²) >= 11 is 0. The molecule has 0 aliphatic carbocycles. The van der Waals surface area contributed by atoms with Gasteiger partial charge in [0.05, 0.1) is 19.0 Å². The van der Waals surface area contributed by atoms with Crippen LogP contribution in [0.2, 0.25) is 0 Å². The Labute approximate surface area is 110 Å². The van der Waals surface area contributed by atoms with E-state index in [9.17, 15) is 8.78 Å². The van der Waals surface area contributed by atoms with Crippen LogP contribution < -0.4 is 0 Å². The normalized spacial score (nSPS) is 13.4. The van der Waals surface area contributed by atoms with Crippen LogP contribution in [0.5, 0.6) is 0 Å². The van der Waals surface area contributed by atoms with Gasteiger partial charge in [0, 0.05) is 5.56 Å². The van der Waals surface area contributed by atoms with Gasteiger partial charge in [-0.25, -0.2) is 13.6 Å². The van der Waals surface area contributed by atoms with E-state index >= 15 is 0 Å². The summed E-state index contributed by atoms with van der Waals surface area (Å²) in [6.45, 7) is 6.87. The lowest BCUT2D eigenvalue weighted by molar-refractivity contribution is 0.591. The number of rotatable bonds is 1. The molecule has 0 saturated carbocycles. The van der Waals surface area contributed by atoms with E-state index < -0.39 is 64.2 Å². The first kappa shape index (κ1) is 6.88. The quantitative estimate of drug-likeness (QED) is 0.696. The molecule has 2 aromatic rings. The number of nitriles is 1. The zero-order chi connectivity index (χ0) is 17.5. The second-order valence-electron chi connectivity index (χ2n) is 3.17. The van der Waals surface area contributed by atoms with Crippen molar-refractivity contribution >= 4 is 5.69 Å². The maximum absolute atomic E-state index is 14.4. The molecule has 86 valence electrons. The molecule has 0 atom stereocenters. The van der Waals surface area contributed by atoms with E-state index in [-0.39, 0.29) is 0 Å². The molecule has 0 fully saturated rings. The van der Waals surface area contributed by atoms with Crippen LogP contribution in [0.3, 0.4) is 0 Å². The van der Waals surface area contributed by atoms with Crippen LogP contribution in [0.4, 0.5) is 14.5 Å². The Kier molecular flexibility index (Phi) is 1.78. The van der Waals surface area contributed by atoms with Gasteiger partial charge in [0.1, 0.15) is 17.7 Å². The van der Waals surface area contributed by atoms with Crippen molar-refractivity contribution in [3.63, 3.8) is 0 Å². The third-order valence-corrected chi connectivity index (χ3v) is 2.17. The first-order chi connectivity index (χ1) is 10.8.